The zero-order chi connectivity index (χ0) is 12.3. The number of hydrogen-bond acceptors (Lipinski definition) is 4. The highest BCUT2D eigenvalue weighted by molar-refractivity contribution is 5.68. The summed E-state index contributed by atoms with van der Waals surface area (Å²) in [5, 5.41) is 0. The molecule has 2 unspecified atom stereocenters. The van der Waals surface area contributed by atoms with Gasteiger partial charge in [0.2, 0.25) is 0 Å². The second-order valence-corrected chi connectivity index (χ2v) is 5.46. The number of rotatable bonds is 2. The van der Waals surface area contributed by atoms with Crippen LogP contribution in [0.15, 0.2) is 0 Å². The van der Waals surface area contributed by atoms with Crippen molar-refractivity contribution in [1.82, 2.24) is 4.90 Å². The molecule has 94 valence electrons. The molecular weight excluding hydrogens is 208 g/mol. The van der Waals surface area contributed by atoms with Crippen LogP contribution >= 0.6 is 0 Å². The van der Waals surface area contributed by atoms with Gasteiger partial charge in [0.1, 0.15) is 5.60 Å². The lowest BCUT2D eigenvalue weighted by atomic mass is 10.00. The number of nitrogens with two attached hydrogens (primary N) is 1. The third kappa shape index (κ3) is 3.64. The molecule has 0 bridgehead atoms. The average molecular weight is 230 g/mol. The lowest BCUT2D eigenvalue weighted by Crippen LogP contribution is -2.35. The number of carbonyl (C=O) groups is 1. The molecule has 1 aliphatic heterocycles. The summed E-state index contributed by atoms with van der Waals surface area (Å²) in [5.41, 5.74) is -0.442. The quantitative estimate of drug-likeness (QED) is 0.728. The van der Waals surface area contributed by atoms with E-state index in [0.717, 1.165) is 0 Å². The van der Waals surface area contributed by atoms with E-state index in [2.05, 4.69) is 11.8 Å². The molecule has 0 aromatic carbocycles. The van der Waals surface area contributed by atoms with Crippen molar-refractivity contribution >= 4 is 6.09 Å². The molecule has 0 aromatic heterocycles. The molecule has 0 saturated carbocycles. The number of carbonyl (C=O) groups excluding carboxylic acids is 1. The molecule has 5 heteroatoms. The highest BCUT2D eigenvalue weighted by Crippen LogP contribution is 2.24. The van der Waals surface area contributed by atoms with Gasteiger partial charge in [0.05, 0.1) is 6.61 Å². The van der Waals surface area contributed by atoms with Crippen molar-refractivity contribution in [2.24, 2.45) is 17.7 Å². The average Bonchev–Trinajstić information content (AvgIpc) is 2.46. The Labute approximate surface area is 96.8 Å². The van der Waals surface area contributed by atoms with E-state index in [0.29, 0.717) is 31.5 Å². The molecule has 1 rings (SSSR count). The summed E-state index contributed by atoms with van der Waals surface area (Å²) in [6.07, 6.45) is -0.251. The zero-order valence-electron chi connectivity index (χ0n) is 10.5. The van der Waals surface area contributed by atoms with E-state index in [9.17, 15) is 4.79 Å². The number of nitrogens with zero attached hydrogens (tertiary/aromatic N) is 1. The van der Waals surface area contributed by atoms with E-state index in [1.165, 1.54) is 0 Å². The van der Waals surface area contributed by atoms with Crippen LogP contribution in [0.25, 0.3) is 0 Å². The van der Waals surface area contributed by atoms with Gasteiger partial charge in [-0.05, 0) is 26.7 Å². The van der Waals surface area contributed by atoms with E-state index in [-0.39, 0.29) is 6.09 Å². The molecular formula is C11H22N2O3. The van der Waals surface area contributed by atoms with Crippen LogP contribution in [0.1, 0.15) is 27.7 Å². The smallest absolute Gasteiger partial charge is 0.410 e. The lowest BCUT2D eigenvalue weighted by molar-refractivity contribution is 0.0273. The Morgan fingerprint density at radius 3 is 2.56 bits per heavy atom. The monoisotopic (exact) mass is 230 g/mol. The van der Waals surface area contributed by atoms with Gasteiger partial charge in [-0.1, -0.05) is 6.92 Å². The molecule has 5 nitrogen and oxygen atoms in total. The predicted octanol–water partition coefficient (Wildman–Crippen LogP) is 1.38. The van der Waals surface area contributed by atoms with Crippen molar-refractivity contribution in [3.05, 3.63) is 0 Å². The molecule has 1 fully saturated rings. The van der Waals surface area contributed by atoms with E-state index >= 15 is 0 Å². The van der Waals surface area contributed by atoms with E-state index < -0.39 is 5.60 Å². The van der Waals surface area contributed by atoms with E-state index in [1.54, 1.807) is 4.90 Å². The molecule has 1 heterocycles. The van der Waals surface area contributed by atoms with Gasteiger partial charge in [-0.3, -0.25) is 0 Å². The summed E-state index contributed by atoms with van der Waals surface area (Å²) in [4.78, 5) is 18.2. The number of hydrogen-bond donors (Lipinski definition) is 1. The third-order valence-electron chi connectivity index (χ3n) is 2.73. The Bertz CT molecular complexity index is 250. The minimum atomic E-state index is -0.442. The molecule has 0 aromatic rings. The fourth-order valence-electron chi connectivity index (χ4n) is 1.85. The maximum atomic E-state index is 11.8. The first kappa shape index (κ1) is 13.3. The van der Waals surface area contributed by atoms with Gasteiger partial charge in [0.15, 0.2) is 0 Å². The molecule has 2 atom stereocenters. The molecule has 2 N–H and O–H groups in total. The van der Waals surface area contributed by atoms with Crippen LogP contribution < -0.4 is 5.90 Å². The van der Waals surface area contributed by atoms with Gasteiger partial charge in [-0.15, -0.1) is 0 Å². The van der Waals surface area contributed by atoms with Crippen LogP contribution in [0.5, 0.6) is 0 Å². The Balaban J connectivity index is 2.48. The standard InChI is InChI=1S/C11H22N2O3/c1-8-5-13(6-9(8)7-15-12)10(14)16-11(2,3)4/h8-9H,5-7,12H2,1-4H3. The maximum absolute atomic E-state index is 11.8. The van der Waals surface area contributed by atoms with Crippen molar-refractivity contribution in [2.45, 2.75) is 33.3 Å². The van der Waals surface area contributed by atoms with Crippen molar-refractivity contribution in [3.63, 3.8) is 0 Å². The highest BCUT2D eigenvalue weighted by atomic mass is 16.6. The zero-order valence-corrected chi connectivity index (χ0v) is 10.5. The predicted molar refractivity (Wildman–Crippen MR) is 60.6 cm³/mol. The molecule has 1 amide bonds. The summed E-state index contributed by atoms with van der Waals surface area (Å²) in [5.74, 6) is 5.76. The molecule has 0 radical (unpaired) electrons. The second-order valence-electron chi connectivity index (χ2n) is 5.46. The summed E-state index contributed by atoms with van der Waals surface area (Å²) in [6.45, 7) is 9.55. The van der Waals surface area contributed by atoms with Crippen LogP contribution in [0.3, 0.4) is 0 Å². The van der Waals surface area contributed by atoms with Gasteiger partial charge in [0.25, 0.3) is 0 Å². The van der Waals surface area contributed by atoms with Crippen LogP contribution in [0, 0.1) is 11.8 Å². The van der Waals surface area contributed by atoms with Crippen molar-refractivity contribution in [2.75, 3.05) is 19.7 Å². The van der Waals surface area contributed by atoms with Gasteiger partial charge in [0, 0.05) is 19.0 Å². The topological polar surface area (TPSA) is 64.8 Å². The van der Waals surface area contributed by atoms with Gasteiger partial charge in [-0.25, -0.2) is 10.7 Å². The summed E-state index contributed by atoms with van der Waals surface area (Å²) >= 11 is 0. The molecule has 0 spiro atoms. The fourth-order valence-corrected chi connectivity index (χ4v) is 1.85. The first-order chi connectivity index (χ1) is 7.33. The lowest BCUT2D eigenvalue weighted by Gasteiger charge is -2.24. The third-order valence-corrected chi connectivity index (χ3v) is 2.73. The first-order valence-corrected chi connectivity index (χ1v) is 5.63. The summed E-state index contributed by atoms with van der Waals surface area (Å²) in [6, 6.07) is 0. The minimum Gasteiger partial charge on any atom is -0.444 e. The first-order valence-electron chi connectivity index (χ1n) is 5.63. The molecule has 0 aliphatic carbocycles. The fraction of sp³-hybridized carbons (Fsp3) is 0.909. The number of likely N-dealkylation sites (tertiary alicyclic amines) is 1. The van der Waals surface area contributed by atoms with Gasteiger partial charge >= 0.3 is 6.09 Å². The Morgan fingerprint density at radius 1 is 1.44 bits per heavy atom. The van der Waals surface area contributed by atoms with Crippen LogP contribution in [-0.2, 0) is 9.57 Å². The van der Waals surface area contributed by atoms with Gasteiger partial charge < -0.3 is 14.5 Å². The van der Waals surface area contributed by atoms with Gasteiger partial charge in [-0.2, -0.15) is 0 Å². The highest BCUT2D eigenvalue weighted by Gasteiger charge is 2.34. The number of amides is 1. The Morgan fingerprint density at radius 2 is 2.06 bits per heavy atom. The second kappa shape index (κ2) is 5.01. The molecule has 16 heavy (non-hydrogen) atoms. The summed E-state index contributed by atoms with van der Waals surface area (Å²) < 4.78 is 5.31. The largest absolute Gasteiger partial charge is 0.444 e. The minimum absolute atomic E-state index is 0.251. The van der Waals surface area contributed by atoms with E-state index in [4.69, 9.17) is 10.6 Å². The van der Waals surface area contributed by atoms with Crippen LogP contribution in [0.4, 0.5) is 4.79 Å². The summed E-state index contributed by atoms with van der Waals surface area (Å²) in [7, 11) is 0. The normalized spacial score (nSPS) is 25.9. The van der Waals surface area contributed by atoms with Crippen molar-refractivity contribution in [1.29, 1.82) is 0 Å². The Hall–Kier alpha value is -0.810. The van der Waals surface area contributed by atoms with E-state index in [1.807, 2.05) is 20.8 Å². The molecule has 1 aliphatic rings. The SMILES string of the molecule is CC1CN(C(=O)OC(C)(C)C)CC1CON. The molecule has 1 saturated heterocycles. The van der Waals surface area contributed by atoms with Crippen molar-refractivity contribution < 1.29 is 14.4 Å². The van der Waals surface area contributed by atoms with Crippen molar-refractivity contribution in [3.8, 4) is 0 Å². The Kier molecular flexibility index (Phi) is 4.15. The number of ether oxygens (including phenoxy) is 1. The van der Waals surface area contributed by atoms with Crippen LogP contribution in [0.2, 0.25) is 0 Å². The van der Waals surface area contributed by atoms with Crippen LogP contribution in [-0.4, -0.2) is 36.3 Å². The maximum Gasteiger partial charge on any atom is 0.410 e.